The monoisotopic (exact) mass is 473 g/mol. The third kappa shape index (κ3) is 4.75. The summed E-state index contributed by atoms with van der Waals surface area (Å²) in [5, 5.41) is 3.13. The smallest absolute Gasteiger partial charge is 0.308 e. The maximum atomic E-state index is 12.5. The van der Waals surface area contributed by atoms with E-state index in [9.17, 15) is 18.0 Å². The molecule has 0 aliphatic carbocycles. The van der Waals surface area contributed by atoms with Gasteiger partial charge >= 0.3 is 4.87 Å². The molecule has 1 amide bonds. The predicted octanol–water partition coefficient (Wildman–Crippen LogP) is 3.79. The van der Waals surface area contributed by atoms with Crippen LogP contribution < -0.4 is 14.5 Å². The lowest BCUT2D eigenvalue weighted by Gasteiger charge is -2.23. The maximum Gasteiger partial charge on any atom is 0.308 e. The number of hydrogen-bond donors (Lipinski definition) is 1. The van der Waals surface area contributed by atoms with Gasteiger partial charge in [-0.2, -0.15) is 0 Å². The Morgan fingerprint density at radius 2 is 1.93 bits per heavy atom. The molecule has 3 aromatic rings. The van der Waals surface area contributed by atoms with E-state index >= 15 is 0 Å². The highest BCUT2D eigenvalue weighted by Gasteiger charge is 2.23. The van der Waals surface area contributed by atoms with Crippen molar-refractivity contribution >= 4 is 72.1 Å². The van der Waals surface area contributed by atoms with Gasteiger partial charge < -0.3 is 5.32 Å². The Morgan fingerprint density at radius 1 is 1.21 bits per heavy atom. The number of amides is 1. The van der Waals surface area contributed by atoms with Crippen molar-refractivity contribution in [1.82, 2.24) is 4.57 Å². The van der Waals surface area contributed by atoms with Gasteiger partial charge in [-0.15, -0.1) is 0 Å². The van der Waals surface area contributed by atoms with Crippen LogP contribution in [0.15, 0.2) is 41.2 Å². The first-order valence-corrected chi connectivity index (χ1v) is 11.9. The summed E-state index contributed by atoms with van der Waals surface area (Å²) in [6, 6.07) is 9.44. The van der Waals surface area contributed by atoms with Crippen LogP contribution in [0.4, 0.5) is 11.4 Å². The number of benzene rings is 2. The number of fused-ring (bicyclic) bond motifs is 1. The van der Waals surface area contributed by atoms with Crippen LogP contribution in [0, 0.1) is 0 Å². The van der Waals surface area contributed by atoms with Crippen molar-refractivity contribution < 1.29 is 13.2 Å². The zero-order valence-corrected chi connectivity index (χ0v) is 18.6. The molecule has 0 saturated carbocycles. The number of thiazole rings is 1. The number of carbonyl (C=O) groups excluding carboxylic acids is 1. The fourth-order valence-corrected chi connectivity index (χ4v) is 5.26. The molecule has 0 aliphatic heterocycles. The molecule has 0 radical (unpaired) electrons. The molecule has 0 saturated heterocycles. The highest BCUT2D eigenvalue weighted by Crippen LogP contribution is 2.30. The quantitative estimate of drug-likeness (QED) is 0.589. The van der Waals surface area contributed by atoms with Gasteiger partial charge in [0.25, 0.3) is 0 Å². The molecule has 0 bridgehead atoms. The molecule has 29 heavy (non-hydrogen) atoms. The van der Waals surface area contributed by atoms with Crippen LogP contribution in [0.2, 0.25) is 10.0 Å². The molecule has 0 spiro atoms. The van der Waals surface area contributed by atoms with Crippen molar-refractivity contribution in [2.45, 2.75) is 13.5 Å². The molecule has 1 heterocycles. The fourth-order valence-electron chi connectivity index (χ4n) is 2.84. The van der Waals surface area contributed by atoms with E-state index in [0.29, 0.717) is 17.3 Å². The molecule has 0 fully saturated rings. The van der Waals surface area contributed by atoms with E-state index in [1.807, 2.05) is 6.92 Å². The average molecular weight is 474 g/mol. The molecule has 1 aromatic heterocycles. The Balaban J connectivity index is 1.85. The van der Waals surface area contributed by atoms with Crippen LogP contribution in [-0.2, 0) is 21.4 Å². The third-order valence-electron chi connectivity index (χ3n) is 4.13. The van der Waals surface area contributed by atoms with E-state index in [1.54, 1.807) is 22.8 Å². The Kier molecular flexibility index (Phi) is 6.23. The van der Waals surface area contributed by atoms with Crippen LogP contribution in [0.5, 0.6) is 0 Å². The molecule has 2 aromatic carbocycles. The zero-order chi connectivity index (χ0) is 21.3. The van der Waals surface area contributed by atoms with Crippen LogP contribution >= 0.6 is 34.5 Å². The highest BCUT2D eigenvalue weighted by molar-refractivity contribution is 7.92. The van der Waals surface area contributed by atoms with Gasteiger partial charge in [-0.25, -0.2) is 8.42 Å². The molecule has 0 unspecified atom stereocenters. The third-order valence-corrected chi connectivity index (χ3v) is 6.74. The van der Waals surface area contributed by atoms with E-state index in [-0.39, 0.29) is 15.6 Å². The van der Waals surface area contributed by atoms with Crippen molar-refractivity contribution in [2.75, 3.05) is 22.4 Å². The Hall–Kier alpha value is -2.07. The normalized spacial score (nSPS) is 11.6. The first-order valence-electron chi connectivity index (χ1n) is 8.46. The van der Waals surface area contributed by atoms with Crippen LogP contribution in [0.3, 0.4) is 0 Å². The lowest BCUT2D eigenvalue weighted by atomic mass is 10.3. The number of anilines is 2. The highest BCUT2D eigenvalue weighted by atomic mass is 35.5. The summed E-state index contributed by atoms with van der Waals surface area (Å²) in [5.74, 6) is -0.553. The molecular weight excluding hydrogens is 457 g/mol. The molecule has 11 heteroatoms. The zero-order valence-electron chi connectivity index (χ0n) is 15.5. The number of aryl methyl sites for hydroxylation is 1. The number of sulfonamides is 1. The number of nitrogens with one attached hydrogen (secondary N) is 1. The minimum Gasteiger partial charge on any atom is -0.324 e. The molecule has 0 aliphatic rings. The van der Waals surface area contributed by atoms with Gasteiger partial charge in [0.1, 0.15) is 6.54 Å². The fraction of sp³-hybridized carbons (Fsp3) is 0.222. The first kappa shape index (κ1) is 21.6. The summed E-state index contributed by atoms with van der Waals surface area (Å²) in [7, 11) is -3.78. The van der Waals surface area contributed by atoms with Crippen LogP contribution in [0.25, 0.3) is 10.2 Å². The summed E-state index contributed by atoms with van der Waals surface area (Å²) in [6.45, 7) is 1.96. The molecule has 7 nitrogen and oxygen atoms in total. The Labute approximate surface area is 181 Å². The predicted molar refractivity (Wildman–Crippen MR) is 119 cm³/mol. The molecule has 1 N–H and O–H groups in total. The minimum absolute atomic E-state index is 0.0772. The Bertz CT molecular complexity index is 1250. The van der Waals surface area contributed by atoms with E-state index in [1.165, 1.54) is 18.2 Å². The number of hydrogen-bond acceptors (Lipinski definition) is 5. The van der Waals surface area contributed by atoms with Crippen LogP contribution in [-0.4, -0.2) is 31.7 Å². The molecule has 3 rings (SSSR count). The minimum atomic E-state index is -3.78. The van der Waals surface area contributed by atoms with Crippen molar-refractivity contribution in [3.05, 3.63) is 56.1 Å². The second-order valence-electron chi connectivity index (χ2n) is 6.21. The average Bonchev–Trinajstić information content (AvgIpc) is 2.93. The van der Waals surface area contributed by atoms with E-state index in [2.05, 4.69) is 5.32 Å². The first-order chi connectivity index (χ1) is 13.6. The number of rotatable bonds is 6. The van der Waals surface area contributed by atoms with Crippen molar-refractivity contribution in [1.29, 1.82) is 0 Å². The summed E-state index contributed by atoms with van der Waals surface area (Å²) in [4.78, 5) is 24.4. The SMILES string of the molecule is CCn1c(=O)sc2cc(NC(=O)CN(c3ccc(Cl)cc3Cl)S(C)(=O)=O)ccc21. The van der Waals surface area contributed by atoms with E-state index in [0.717, 1.165) is 32.1 Å². The second kappa shape index (κ2) is 8.35. The van der Waals surface area contributed by atoms with E-state index < -0.39 is 22.5 Å². The summed E-state index contributed by atoms with van der Waals surface area (Å²) >= 11 is 13.1. The van der Waals surface area contributed by atoms with Gasteiger partial charge in [-0.3, -0.25) is 18.5 Å². The summed E-state index contributed by atoms with van der Waals surface area (Å²) < 4.78 is 27.7. The largest absolute Gasteiger partial charge is 0.324 e. The van der Waals surface area contributed by atoms with Crippen molar-refractivity contribution in [2.24, 2.45) is 0 Å². The lowest BCUT2D eigenvalue weighted by Crippen LogP contribution is -2.37. The van der Waals surface area contributed by atoms with E-state index in [4.69, 9.17) is 23.2 Å². The van der Waals surface area contributed by atoms with Crippen molar-refractivity contribution in [3.63, 3.8) is 0 Å². The van der Waals surface area contributed by atoms with Crippen molar-refractivity contribution in [3.8, 4) is 0 Å². The number of halogens is 2. The second-order valence-corrected chi connectivity index (χ2v) is 9.95. The summed E-state index contributed by atoms with van der Waals surface area (Å²) in [5.41, 5.74) is 1.40. The number of carbonyl (C=O) groups is 1. The Morgan fingerprint density at radius 3 is 2.55 bits per heavy atom. The van der Waals surface area contributed by atoms with Gasteiger partial charge in [-0.1, -0.05) is 34.5 Å². The van der Waals surface area contributed by atoms with Gasteiger partial charge in [0.2, 0.25) is 15.9 Å². The standard InChI is InChI=1S/C18H17Cl2N3O4S2/c1-3-22-15-7-5-12(9-16(15)28-18(22)25)21-17(24)10-23(29(2,26)27)14-6-4-11(19)8-13(14)20/h4-9H,3,10H2,1-2H3,(H,21,24). The summed E-state index contributed by atoms with van der Waals surface area (Å²) in [6.07, 6.45) is 0.988. The molecule has 0 atom stereocenters. The van der Waals surface area contributed by atoms with Gasteiger partial charge in [0.15, 0.2) is 0 Å². The van der Waals surface area contributed by atoms with Gasteiger partial charge in [0, 0.05) is 17.3 Å². The topological polar surface area (TPSA) is 88.5 Å². The number of aromatic nitrogens is 1. The number of nitrogens with zero attached hydrogens (tertiary/aromatic N) is 2. The van der Waals surface area contributed by atoms with Gasteiger partial charge in [-0.05, 0) is 43.3 Å². The van der Waals surface area contributed by atoms with Gasteiger partial charge in [0.05, 0.1) is 27.2 Å². The maximum absolute atomic E-state index is 12.5. The van der Waals surface area contributed by atoms with Crippen LogP contribution in [0.1, 0.15) is 6.92 Å². The molecular formula is C18H17Cl2N3O4S2. The lowest BCUT2D eigenvalue weighted by molar-refractivity contribution is -0.114. The molecule has 154 valence electrons.